The number of nitrogens with zero attached hydrogens (tertiary/aromatic N) is 8. The summed E-state index contributed by atoms with van der Waals surface area (Å²) < 4.78 is 4.05. The fourth-order valence-electron chi connectivity index (χ4n) is 3.49. The standard InChI is InChI=1S/2C14H11N5S/c2*20-14-18-17-13(12-7-4-8-15-10-12)19(14)16-9-11-5-2-1-3-6-11/h2*1-10H,(H,18,20). The average Bonchev–Trinajstić information content (AvgIpc) is 3.58. The number of rotatable bonds is 6. The van der Waals surface area contributed by atoms with Crippen LogP contribution >= 0.6 is 24.4 Å². The van der Waals surface area contributed by atoms with Gasteiger partial charge in [-0.15, -0.1) is 0 Å². The highest BCUT2D eigenvalue weighted by Crippen LogP contribution is 2.16. The molecule has 12 heteroatoms. The van der Waals surface area contributed by atoms with Crippen molar-refractivity contribution in [2.24, 2.45) is 10.2 Å². The molecule has 2 aromatic carbocycles. The van der Waals surface area contributed by atoms with Gasteiger partial charge in [0, 0.05) is 35.9 Å². The molecule has 10 nitrogen and oxygen atoms in total. The van der Waals surface area contributed by atoms with Gasteiger partial charge in [-0.05, 0) is 59.8 Å². The van der Waals surface area contributed by atoms with Crippen LogP contribution < -0.4 is 0 Å². The van der Waals surface area contributed by atoms with Crippen LogP contribution in [-0.4, -0.2) is 52.1 Å². The molecule has 4 heterocycles. The summed E-state index contributed by atoms with van der Waals surface area (Å²) in [5.41, 5.74) is 3.69. The Labute approximate surface area is 239 Å². The van der Waals surface area contributed by atoms with Gasteiger partial charge in [0.25, 0.3) is 0 Å². The lowest BCUT2D eigenvalue weighted by Crippen LogP contribution is -1.95. The van der Waals surface area contributed by atoms with E-state index in [2.05, 4.69) is 40.6 Å². The van der Waals surface area contributed by atoms with Crippen LogP contribution in [0.1, 0.15) is 11.1 Å². The fraction of sp³-hybridized carbons (Fsp3) is 0. The highest BCUT2D eigenvalue weighted by molar-refractivity contribution is 7.71. The zero-order chi connectivity index (χ0) is 27.6. The number of benzene rings is 2. The Morgan fingerprint density at radius 1 is 0.575 bits per heavy atom. The van der Waals surface area contributed by atoms with Crippen molar-refractivity contribution in [2.45, 2.75) is 0 Å². The highest BCUT2D eigenvalue weighted by atomic mass is 32.1. The zero-order valence-corrected chi connectivity index (χ0v) is 22.6. The Morgan fingerprint density at radius 2 is 1.00 bits per heavy atom. The summed E-state index contributed by atoms with van der Waals surface area (Å²) in [6.45, 7) is 0. The van der Waals surface area contributed by atoms with Crippen LogP contribution in [0.25, 0.3) is 22.8 Å². The van der Waals surface area contributed by atoms with E-state index in [0.29, 0.717) is 21.2 Å². The van der Waals surface area contributed by atoms with E-state index in [9.17, 15) is 0 Å². The van der Waals surface area contributed by atoms with Gasteiger partial charge in [-0.1, -0.05) is 60.7 Å². The lowest BCUT2D eigenvalue weighted by Gasteiger charge is -1.99. The molecular weight excluding hydrogens is 541 g/mol. The van der Waals surface area contributed by atoms with E-state index < -0.39 is 0 Å². The maximum Gasteiger partial charge on any atom is 0.216 e. The Hall–Kier alpha value is -5.20. The number of aromatic amines is 2. The molecule has 6 aromatic rings. The van der Waals surface area contributed by atoms with Gasteiger partial charge in [-0.2, -0.15) is 29.8 Å². The second kappa shape index (κ2) is 13.0. The van der Waals surface area contributed by atoms with Crippen molar-refractivity contribution in [3.63, 3.8) is 0 Å². The van der Waals surface area contributed by atoms with Crippen LogP contribution in [-0.2, 0) is 0 Å². The average molecular weight is 563 g/mol. The van der Waals surface area contributed by atoms with Gasteiger partial charge in [0.2, 0.25) is 9.54 Å². The first-order chi connectivity index (χ1) is 19.7. The summed E-state index contributed by atoms with van der Waals surface area (Å²) in [5, 5.41) is 22.6. The predicted molar refractivity (Wildman–Crippen MR) is 160 cm³/mol. The van der Waals surface area contributed by atoms with Gasteiger partial charge >= 0.3 is 0 Å². The van der Waals surface area contributed by atoms with Crippen molar-refractivity contribution in [1.82, 2.24) is 39.7 Å². The minimum absolute atomic E-state index is 0.441. The normalized spacial score (nSPS) is 11.0. The van der Waals surface area contributed by atoms with Crippen molar-refractivity contribution < 1.29 is 0 Å². The maximum atomic E-state index is 5.20. The quantitative estimate of drug-likeness (QED) is 0.197. The smallest absolute Gasteiger partial charge is 0.216 e. The van der Waals surface area contributed by atoms with Gasteiger partial charge in [-0.25, -0.2) is 10.2 Å². The number of aromatic nitrogens is 8. The molecule has 40 heavy (non-hydrogen) atoms. The number of H-pyrrole nitrogens is 2. The van der Waals surface area contributed by atoms with E-state index in [1.165, 1.54) is 0 Å². The topological polar surface area (TPSA) is 118 Å². The largest absolute Gasteiger partial charge is 0.264 e. The van der Waals surface area contributed by atoms with E-state index in [1.807, 2.05) is 84.9 Å². The van der Waals surface area contributed by atoms with E-state index in [4.69, 9.17) is 24.4 Å². The van der Waals surface area contributed by atoms with Crippen molar-refractivity contribution in [3.8, 4) is 22.8 Å². The second-order valence-corrected chi connectivity index (χ2v) is 8.90. The van der Waals surface area contributed by atoms with Gasteiger partial charge in [0.15, 0.2) is 11.6 Å². The van der Waals surface area contributed by atoms with Gasteiger partial charge in [0.05, 0.1) is 12.4 Å². The van der Waals surface area contributed by atoms with E-state index in [-0.39, 0.29) is 0 Å². The molecular formula is C28H22N10S2. The van der Waals surface area contributed by atoms with Crippen LogP contribution in [0.5, 0.6) is 0 Å². The molecule has 0 spiro atoms. The summed E-state index contributed by atoms with van der Waals surface area (Å²) in [7, 11) is 0. The summed E-state index contributed by atoms with van der Waals surface area (Å²) in [4.78, 5) is 8.15. The molecule has 2 N–H and O–H groups in total. The van der Waals surface area contributed by atoms with Gasteiger partial charge in [-0.3, -0.25) is 9.97 Å². The first kappa shape index (κ1) is 26.4. The zero-order valence-electron chi connectivity index (χ0n) is 20.9. The molecule has 0 aliphatic carbocycles. The van der Waals surface area contributed by atoms with Crippen molar-refractivity contribution in [1.29, 1.82) is 0 Å². The van der Waals surface area contributed by atoms with Crippen molar-refractivity contribution in [2.75, 3.05) is 0 Å². The Kier molecular flexibility index (Phi) is 8.61. The number of pyridine rings is 2. The van der Waals surface area contributed by atoms with Crippen LogP contribution in [0.3, 0.4) is 0 Å². The SMILES string of the molecule is S=c1[nH]nc(-c2cccnc2)n1N=Cc1ccccc1.S=c1[nH]nc(-c2cccnc2)n1N=Cc1ccccc1. The van der Waals surface area contributed by atoms with Crippen LogP contribution in [0.15, 0.2) is 120 Å². The van der Waals surface area contributed by atoms with Gasteiger partial charge in [0.1, 0.15) is 0 Å². The van der Waals surface area contributed by atoms with Crippen LogP contribution in [0, 0.1) is 9.54 Å². The Bertz CT molecular complexity index is 1690. The van der Waals surface area contributed by atoms with Crippen LogP contribution in [0.4, 0.5) is 0 Å². The monoisotopic (exact) mass is 562 g/mol. The third kappa shape index (κ3) is 6.62. The molecule has 0 bridgehead atoms. The molecule has 0 saturated heterocycles. The van der Waals surface area contributed by atoms with E-state index in [0.717, 1.165) is 22.3 Å². The molecule has 0 radical (unpaired) electrons. The molecule has 6 rings (SSSR count). The lowest BCUT2D eigenvalue weighted by atomic mass is 10.2. The molecule has 0 atom stereocenters. The lowest BCUT2D eigenvalue weighted by molar-refractivity contribution is 0.871. The minimum atomic E-state index is 0.441. The second-order valence-electron chi connectivity index (χ2n) is 8.12. The highest BCUT2D eigenvalue weighted by Gasteiger charge is 2.08. The first-order valence-electron chi connectivity index (χ1n) is 12.0. The third-order valence-electron chi connectivity index (χ3n) is 5.38. The summed E-state index contributed by atoms with van der Waals surface area (Å²) in [6, 6.07) is 27.1. The molecule has 0 aliphatic heterocycles. The van der Waals surface area contributed by atoms with Crippen molar-refractivity contribution in [3.05, 3.63) is 130 Å². The third-order valence-corrected chi connectivity index (χ3v) is 5.91. The Balaban J connectivity index is 0.000000161. The number of hydrogen-bond donors (Lipinski definition) is 2. The molecule has 0 aliphatic rings. The summed E-state index contributed by atoms with van der Waals surface area (Å²) in [6.07, 6.45) is 10.3. The van der Waals surface area contributed by atoms with Crippen LogP contribution in [0.2, 0.25) is 0 Å². The first-order valence-corrected chi connectivity index (χ1v) is 12.8. The summed E-state index contributed by atoms with van der Waals surface area (Å²) in [5.74, 6) is 1.27. The molecule has 0 saturated carbocycles. The van der Waals surface area contributed by atoms with Gasteiger partial charge < -0.3 is 0 Å². The summed E-state index contributed by atoms with van der Waals surface area (Å²) >= 11 is 10.4. The minimum Gasteiger partial charge on any atom is -0.264 e. The van der Waals surface area contributed by atoms with E-state index >= 15 is 0 Å². The fourth-order valence-corrected chi connectivity index (χ4v) is 3.85. The van der Waals surface area contributed by atoms with Crippen molar-refractivity contribution >= 4 is 36.9 Å². The predicted octanol–water partition coefficient (Wildman–Crippen LogP) is 5.77. The number of nitrogens with one attached hydrogen (secondary N) is 2. The Morgan fingerprint density at radius 3 is 1.38 bits per heavy atom. The number of hydrogen-bond acceptors (Lipinski definition) is 8. The molecule has 0 unspecified atom stereocenters. The molecule has 0 amide bonds. The maximum absolute atomic E-state index is 5.20. The molecule has 196 valence electrons. The van der Waals surface area contributed by atoms with E-state index in [1.54, 1.807) is 46.6 Å². The molecule has 0 fully saturated rings. The molecule has 4 aromatic heterocycles.